The summed E-state index contributed by atoms with van der Waals surface area (Å²) in [7, 11) is 0. The first-order valence-electron chi connectivity index (χ1n) is 14.9. The summed E-state index contributed by atoms with van der Waals surface area (Å²) in [5, 5.41) is 6.01. The first kappa shape index (κ1) is 27.5. The van der Waals surface area contributed by atoms with E-state index in [9.17, 15) is 14.4 Å². The van der Waals surface area contributed by atoms with Crippen LogP contribution in [0, 0.1) is 0 Å². The number of rotatable bonds is 1. The van der Waals surface area contributed by atoms with Crippen LogP contribution in [0.2, 0.25) is 0 Å². The highest BCUT2D eigenvalue weighted by molar-refractivity contribution is 6.06. The Morgan fingerprint density at radius 3 is 2.65 bits per heavy atom. The fourth-order valence-electron chi connectivity index (χ4n) is 6.85. The van der Waals surface area contributed by atoms with Crippen LogP contribution >= 0.6 is 0 Å². The van der Waals surface area contributed by atoms with E-state index >= 15 is 0 Å². The number of amides is 3. The molecule has 1 spiro atoms. The third-order valence-corrected chi connectivity index (χ3v) is 9.09. The second-order valence-electron chi connectivity index (χ2n) is 11.8. The maximum atomic E-state index is 13.6. The summed E-state index contributed by atoms with van der Waals surface area (Å²) in [6, 6.07) is 17.1. The van der Waals surface area contributed by atoms with Crippen molar-refractivity contribution in [1.82, 2.24) is 15.2 Å². The zero-order valence-corrected chi connectivity index (χ0v) is 23.9. The molecule has 9 heteroatoms. The van der Waals surface area contributed by atoms with Gasteiger partial charge in [-0.1, -0.05) is 48.6 Å². The van der Waals surface area contributed by atoms with E-state index in [2.05, 4.69) is 27.8 Å². The average molecular weight is 579 g/mol. The van der Waals surface area contributed by atoms with Crippen molar-refractivity contribution in [1.29, 1.82) is 0 Å². The summed E-state index contributed by atoms with van der Waals surface area (Å²) in [5.74, 6) is 0.205. The van der Waals surface area contributed by atoms with Gasteiger partial charge in [0.05, 0.1) is 31.8 Å². The monoisotopic (exact) mass is 578 g/mol. The van der Waals surface area contributed by atoms with Crippen molar-refractivity contribution in [3.63, 3.8) is 0 Å². The van der Waals surface area contributed by atoms with E-state index in [0.29, 0.717) is 70.2 Å². The van der Waals surface area contributed by atoms with Gasteiger partial charge in [0.2, 0.25) is 11.8 Å². The number of hydrogen-bond donors (Lipinski definition) is 2. The van der Waals surface area contributed by atoms with Crippen LogP contribution in [0.5, 0.6) is 0 Å². The van der Waals surface area contributed by atoms with Gasteiger partial charge in [0, 0.05) is 36.3 Å². The van der Waals surface area contributed by atoms with Crippen LogP contribution in [-0.4, -0.2) is 73.2 Å². The van der Waals surface area contributed by atoms with Gasteiger partial charge in [-0.2, -0.15) is 0 Å². The number of fused-ring (bicyclic) bond motifs is 4. The van der Waals surface area contributed by atoms with Gasteiger partial charge in [0.15, 0.2) is 0 Å². The third kappa shape index (κ3) is 5.23. The molecule has 3 aliphatic heterocycles. The van der Waals surface area contributed by atoms with Crippen molar-refractivity contribution in [2.24, 2.45) is 0 Å². The van der Waals surface area contributed by atoms with Crippen molar-refractivity contribution in [3.05, 3.63) is 100 Å². The number of anilines is 1. The lowest BCUT2D eigenvalue weighted by Gasteiger charge is -2.38. The van der Waals surface area contributed by atoms with E-state index in [0.717, 1.165) is 27.8 Å². The van der Waals surface area contributed by atoms with Gasteiger partial charge >= 0.3 is 0 Å². The molecule has 9 nitrogen and oxygen atoms in total. The standard InChI is InChI=1S/C34H34N4O5/c39-31-24-8-9-25-18-34(19-26(25)16-24)28-15-22(20-35-30(28)37-33(34)41)5-4-11-42-13-14-43-12-10-38-21-27(17-29(36-31)32(38)40)23-6-2-1-3-7-23/h1-9,15-16,20,27,29H,10-14,17-19,21H2,(H,36,39)(H,35,37,41)/t27?,29?,34-/m1/s1. The van der Waals surface area contributed by atoms with Crippen LogP contribution in [0.4, 0.5) is 5.82 Å². The molecule has 2 N–H and O–H groups in total. The van der Waals surface area contributed by atoms with E-state index in [4.69, 9.17) is 9.47 Å². The largest absolute Gasteiger partial charge is 0.377 e. The maximum absolute atomic E-state index is 13.6. The Bertz CT molecular complexity index is 1610. The number of piperidine rings is 1. The van der Waals surface area contributed by atoms with Gasteiger partial charge in [-0.3, -0.25) is 14.4 Å². The smallest absolute Gasteiger partial charge is 0.251 e. The molecule has 3 atom stereocenters. The predicted octanol–water partition coefficient (Wildman–Crippen LogP) is 3.24. The number of nitrogens with one attached hydrogen (secondary N) is 2. The van der Waals surface area contributed by atoms with E-state index in [1.807, 2.05) is 48.6 Å². The lowest BCUT2D eigenvalue weighted by molar-refractivity contribution is -0.137. The molecule has 2 unspecified atom stereocenters. The van der Waals surface area contributed by atoms with Crippen LogP contribution in [0.3, 0.4) is 0 Å². The number of carbonyl (C=O) groups excluding carboxylic acids is 3. The fourth-order valence-corrected chi connectivity index (χ4v) is 6.85. The first-order valence-corrected chi connectivity index (χ1v) is 14.9. The van der Waals surface area contributed by atoms with Crippen molar-refractivity contribution in [2.45, 2.75) is 36.6 Å². The highest BCUT2D eigenvalue weighted by Crippen LogP contribution is 2.47. The van der Waals surface area contributed by atoms with Crippen molar-refractivity contribution < 1.29 is 23.9 Å². The molecule has 4 aliphatic rings. The Hall–Kier alpha value is -4.34. The molecule has 1 fully saturated rings. The summed E-state index contributed by atoms with van der Waals surface area (Å²) >= 11 is 0. The Morgan fingerprint density at radius 1 is 0.930 bits per heavy atom. The summed E-state index contributed by atoms with van der Waals surface area (Å²) in [5.41, 5.74) is 4.62. The molecule has 3 amide bonds. The lowest BCUT2D eigenvalue weighted by atomic mass is 9.79. The fraction of sp³-hybridized carbons (Fsp3) is 0.353. The quantitative estimate of drug-likeness (QED) is 0.459. The number of nitrogens with zero attached hydrogens (tertiary/aromatic N) is 2. The Balaban J connectivity index is 1.19. The van der Waals surface area contributed by atoms with Gasteiger partial charge in [0.25, 0.3) is 5.91 Å². The van der Waals surface area contributed by atoms with Gasteiger partial charge in [-0.15, -0.1) is 0 Å². The lowest BCUT2D eigenvalue weighted by Crippen LogP contribution is -2.55. The van der Waals surface area contributed by atoms with Gasteiger partial charge in [0.1, 0.15) is 11.9 Å². The molecule has 0 radical (unpaired) electrons. The molecular formula is C34H34N4O5. The average Bonchev–Trinajstić information content (AvgIpc) is 3.54. The van der Waals surface area contributed by atoms with Crippen LogP contribution in [0.1, 0.15) is 50.5 Å². The Kier molecular flexibility index (Phi) is 7.28. The number of carbonyl (C=O) groups is 3. The molecule has 1 aliphatic carbocycles. The summed E-state index contributed by atoms with van der Waals surface area (Å²) in [6.07, 6.45) is 7.16. The molecule has 1 saturated heterocycles. The van der Waals surface area contributed by atoms with E-state index < -0.39 is 11.5 Å². The molecule has 7 bridgehead atoms. The minimum Gasteiger partial charge on any atom is -0.377 e. The molecule has 0 saturated carbocycles. The summed E-state index contributed by atoms with van der Waals surface area (Å²) < 4.78 is 11.5. The number of pyridine rings is 1. The third-order valence-electron chi connectivity index (χ3n) is 9.09. The summed E-state index contributed by atoms with van der Waals surface area (Å²) in [6.45, 7) is 2.64. The van der Waals surface area contributed by atoms with E-state index in [-0.39, 0.29) is 23.6 Å². The van der Waals surface area contributed by atoms with Gasteiger partial charge in [-0.25, -0.2) is 4.98 Å². The topological polar surface area (TPSA) is 110 Å². The zero-order chi connectivity index (χ0) is 29.4. The molecule has 43 heavy (non-hydrogen) atoms. The molecule has 3 aromatic rings. The predicted molar refractivity (Wildman–Crippen MR) is 161 cm³/mol. The second-order valence-corrected chi connectivity index (χ2v) is 11.8. The van der Waals surface area contributed by atoms with Crippen LogP contribution < -0.4 is 10.6 Å². The SMILES string of the molecule is O=C1NC2CC(c3ccccc3)CN(CCOCCOCC=Cc3cnc4c(c3)[C@]3(Cc5ccc1cc5C3)C(=O)N4)C2=O. The van der Waals surface area contributed by atoms with Gasteiger partial charge < -0.3 is 25.0 Å². The number of ether oxygens (including phenoxy) is 2. The van der Waals surface area contributed by atoms with Gasteiger partial charge in [-0.05, 0) is 59.7 Å². The maximum Gasteiger partial charge on any atom is 0.251 e. The normalized spacial score (nSPS) is 25.6. The Labute approximate surface area is 250 Å². The van der Waals surface area contributed by atoms with Crippen molar-refractivity contribution in [2.75, 3.05) is 44.8 Å². The Morgan fingerprint density at radius 2 is 1.77 bits per heavy atom. The van der Waals surface area contributed by atoms with Crippen LogP contribution in [0.15, 0.2) is 66.9 Å². The van der Waals surface area contributed by atoms with E-state index in [1.54, 1.807) is 17.2 Å². The number of aromatic nitrogens is 1. The number of benzene rings is 2. The van der Waals surface area contributed by atoms with E-state index in [1.165, 1.54) is 0 Å². The first-order chi connectivity index (χ1) is 21.0. The highest BCUT2D eigenvalue weighted by atomic mass is 16.5. The molecule has 1 aromatic heterocycles. The molecule has 4 heterocycles. The molecule has 7 rings (SSSR count). The minimum absolute atomic E-state index is 0.0732. The zero-order valence-electron chi connectivity index (χ0n) is 23.9. The minimum atomic E-state index is -0.767. The van der Waals surface area contributed by atoms with Crippen molar-refractivity contribution in [3.8, 4) is 0 Å². The van der Waals surface area contributed by atoms with Crippen LogP contribution in [-0.2, 0) is 37.3 Å². The van der Waals surface area contributed by atoms with Crippen molar-refractivity contribution >= 4 is 29.6 Å². The highest BCUT2D eigenvalue weighted by Gasteiger charge is 2.51. The molecule has 2 aromatic carbocycles. The molecular weight excluding hydrogens is 544 g/mol. The second kappa shape index (κ2) is 11.4. The van der Waals surface area contributed by atoms with Crippen LogP contribution in [0.25, 0.3) is 6.08 Å². The molecule has 220 valence electrons. The number of hydrogen-bond acceptors (Lipinski definition) is 6. The summed E-state index contributed by atoms with van der Waals surface area (Å²) in [4.78, 5) is 46.9.